The maximum Gasteiger partial charge on any atom is 0.323 e. The Labute approximate surface area is 185 Å². The molecule has 0 saturated heterocycles. The molecule has 1 aromatic heterocycles. The van der Waals surface area contributed by atoms with E-state index in [-0.39, 0.29) is 9.92 Å². The molecule has 0 aliphatic rings. The van der Waals surface area contributed by atoms with Crippen LogP contribution in [0.5, 0.6) is 0 Å². The molecular formula is C19H16BrClFN3O4S. The largest absolute Gasteiger partial charge is 0.468 e. The third-order valence-electron chi connectivity index (χ3n) is 4.17. The van der Waals surface area contributed by atoms with Crippen LogP contribution in [-0.2, 0) is 19.6 Å². The maximum absolute atomic E-state index is 13.8. The first-order valence-corrected chi connectivity index (χ1v) is 11.2. The minimum Gasteiger partial charge on any atom is -0.468 e. The summed E-state index contributed by atoms with van der Waals surface area (Å²) in [6.07, 6.45) is 1.58. The van der Waals surface area contributed by atoms with Crippen molar-refractivity contribution < 1.29 is 22.3 Å². The molecule has 3 aromatic rings. The van der Waals surface area contributed by atoms with E-state index in [9.17, 15) is 17.6 Å². The lowest BCUT2D eigenvalue weighted by molar-refractivity contribution is -0.142. The average Bonchev–Trinajstić information content (AvgIpc) is 3.19. The Morgan fingerprint density at radius 2 is 1.97 bits per heavy atom. The maximum atomic E-state index is 13.8. The van der Waals surface area contributed by atoms with Crippen molar-refractivity contribution in [3.05, 3.63) is 57.9 Å². The fourth-order valence-corrected chi connectivity index (χ4v) is 4.62. The summed E-state index contributed by atoms with van der Waals surface area (Å²) in [4.78, 5) is 18.7. The van der Waals surface area contributed by atoms with E-state index < -0.39 is 27.9 Å². The smallest absolute Gasteiger partial charge is 0.323 e. The summed E-state index contributed by atoms with van der Waals surface area (Å²) in [5.74, 6) is -0.798. The van der Waals surface area contributed by atoms with Crippen LogP contribution in [0.25, 0.3) is 22.6 Å². The molecule has 0 radical (unpaired) electrons. The van der Waals surface area contributed by atoms with Gasteiger partial charge in [0.1, 0.15) is 22.6 Å². The van der Waals surface area contributed by atoms with Gasteiger partial charge < -0.3 is 9.72 Å². The first-order chi connectivity index (χ1) is 14.1. The third-order valence-corrected chi connectivity index (χ3v) is 6.84. The molecule has 2 aromatic carbocycles. The summed E-state index contributed by atoms with van der Waals surface area (Å²) in [6.45, 7) is 1.36. The molecule has 0 fully saturated rings. The van der Waals surface area contributed by atoms with E-state index in [4.69, 9.17) is 11.6 Å². The first-order valence-electron chi connectivity index (χ1n) is 8.53. The summed E-state index contributed by atoms with van der Waals surface area (Å²) in [5, 5.41) is -0.0231. The third kappa shape index (κ3) is 4.72. The number of aromatic nitrogens is 2. The van der Waals surface area contributed by atoms with Crippen molar-refractivity contribution in [2.75, 3.05) is 7.11 Å². The molecule has 1 atom stereocenters. The molecule has 0 aliphatic carbocycles. The highest BCUT2D eigenvalue weighted by molar-refractivity contribution is 9.10. The summed E-state index contributed by atoms with van der Waals surface area (Å²) in [5.41, 5.74) is 1.47. The second kappa shape index (κ2) is 8.84. The molecule has 30 heavy (non-hydrogen) atoms. The number of esters is 1. The number of nitrogens with zero attached hydrogens (tertiary/aromatic N) is 1. The number of imidazole rings is 1. The molecule has 1 unspecified atom stereocenters. The van der Waals surface area contributed by atoms with Crippen LogP contribution in [0.3, 0.4) is 0 Å². The Hall–Kier alpha value is -2.27. The molecule has 7 nitrogen and oxygen atoms in total. The normalized spacial score (nSPS) is 12.6. The van der Waals surface area contributed by atoms with Gasteiger partial charge >= 0.3 is 5.97 Å². The number of methoxy groups -OCH3 is 1. The molecule has 158 valence electrons. The number of aromatic amines is 1. The van der Waals surface area contributed by atoms with Crippen LogP contribution in [0.15, 0.2) is 52.0 Å². The van der Waals surface area contributed by atoms with Gasteiger partial charge in [0.25, 0.3) is 0 Å². The first kappa shape index (κ1) is 22.4. The topological polar surface area (TPSA) is 101 Å². The van der Waals surface area contributed by atoms with Crippen LogP contribution in [0, 0.1) is 5.82 Å². The Bertz CT molecular complexity index is 1220. The summed E-state index contributed by atoms with van der Waals surface area (Å²) < 4.78 is 46.3. The van der Waals surface area contributed by atoms with Gasteiger partial charge in [0, 0.05) is 17.3 Å². The van der Waals surface area contributed by atoms with Gasteiger partial charge in [0.2, 0.25) is 10.0 Å². The lowest BCUT2D eigenvalue weighted by Crippen LogP contribution is -2.39. The van der Waals surface area contributed by atoms with Crippen LogP contribution >= 0.6 is 27.5 Å². The Morgan fingerprint density at radius 1 is 1.27 bits per heavy atom. The minimum absolute atomic E-state index is 0.0231. The Morgan fingerprint density at radius 3 is 2.63 bits per heavy atom. The number of sulfonamides is 1. The minimum atomic E-state index is -4.11. The number of ether oxygens (including phenoxy) is 1. The van der Waals surface area contributed by atoms with Gasteiger partial charge in [-0.25, -0.2) is 17.8 Å². The molecule has 0 spiro atoms. The van der Waals surface area contributed by atoms with Crippen LogP contribution in [0.2, 0.25) is 5.02 Å². The summed E-state index contributed by atoms with van der Waals surface area (Å²) in [7, 11) is -2.95. The van der Waals surface area contributed by atoms with Crippen LogP contribution in [0.4, 0.5) is 4.39 Å². The predicted molar refractivity (Wildman–Crippen MR) is 114 cm³/mol. The highest BCUT2D eigenvalue weighted by Gasteiger charge is 2.25. The van der Waals surface area contributed by atoms with Crippen molar-refractivity contribution in [2.24, 2.45) is 0 Å². The monoisotopic (exact) mass is 515 g/mol. The number of carbonyl (C=O) groups is 1. The van der Waals surface area contributed by atoms with E-state index >= 15 is 0 Å². The molecule has 3 rings (SSSR count). The van der Waals surface area contributed by atoms with Crippen LogP contribution in [0.1, 0.15) is 6.92 Å². The van der Waals surface area contributed by atoms with Gasteiger partial charge in [-0.2, -0.15) is 4.72 Å². The number of carbonyl (C=O) groups excluding carboxylic acids is 1. The Balaban J connectivity index is 1.95. The Kier molecular flexibility index (Phi) is 6.61. The number of hydrogen-bond donors (Lipinski definition) is 2. The highest BCUT2D eigenvalue weighted by Crippen LogP contribution is 2.29. The van der Waals surface area contributed by atoms with Gasteiger partial charge in [-0.3, -0.25) is 4.79 Å². The van der Waals surface area contributed by atoms with E-state index in [0.29, 0.717) is 27.1 Å². The molecular weight excluding hydrogens is 501 g/mol. The van der Waals surface area contributed by atoms with Gasteiger partial charge in [-0.15, -0.1) is 0 Å². The summed E-state index contributed by atoms with van der Waals surface area (Å²) >= 11 is 9.19. The second-order valence-corrected chi connectivity index (χ2v) is 9.22. The van der Waals surface area contributed by atoms with Crippen molar-refractivity contribution in [2.45, 2.75) is 17.9 Å². The number of hydrogen-bond acceptors (Lipinski definition) is 5. The SMILES string of the molecule is COC(=O)C(C)NS(=O)(=O)c1cc(-c2nc(-c3ccc(Br)c(F)c3)c[nH]2)ccc1Cl. The van der Waals surface area contributed by atoms with Crippen molar-refractivity contribution in [1.82, 2.24) is 14.7 Å². The van der Waals surface area contributed by atoms with Gasteiger partial charge in [0.15, 0.2) is 0 Å². The van der Waals surface area contributed by atoms with E-state index in [1.165, 1.54) is 25.1 Å². The van der Waals surface area contributed by atoms with Crippen molar-refractivity contribution in [3.8, 4) is 22.6 Å². The zero-order valence-electron chi connectivity index (χ0n) is 15.7. The number of H-pyrrole nitrogens is 1. The van der Waals surface area contributed by atoms with E-state index in [1.54, 1.807) is 24.4 Å². The highest BCUT2D eigenvalue weighted by atomic mass is 79.9. The van der Waals surface area contributed by atoms with E-state index in [0.717, 1.165) is 7.11 Å². The number of benzene rings is 2. The quantitative estimate of drug-likeness (QED) is 0.480. The number of rotatable bonds is 6. The molecule has 0 bridgehead atoms. The average molecular weight is 517 g/mol. The zero-order valence-corrected chi connectivity index (χ0v) is 18.9. The van der Waals surface area contributed by atoms with E-state index in [1.807, 2.05) is 0 Å². The van der Waals surface area contributed by atoms with Crippen molar-refractivity contribution in [1.29, 1.82) is 0 Å². The van der Waals surface area contributed by atoms with E-state index in [2.05, 4.69) is 35.4 Å². The van der Waals surface area contributed by atoms with Crippen LogP contribution < -0.4 is 4.72 Å². The second-order valence-electron chi connectivity index (χ2n) is 6.27. The van der Waals surface area contributed by atoms with Gasteiger partial charge in [-0.1, -0.05) is 17.7 Å². The number of halogens is 3. The molecule has 11 heteroatoms. The lowest BCUT2D eigenvalue weighted by atomic mass is 10.2. The fraction of sp³-hybridized carbons (Fsp3) is 0.158. The molecule has 0 aliphatic heterocycles. The summed E-state index contributed by atoms with van der Waals surface area (Å²) in [6, 6.07) is 7.84. The van der Waals surface area contributed by atoms with Gasteiger partial charge in [-0.05, 0) is 53.2 Å². The van der Waals surface area contributed by atoms with Crippen molar-refractivity contribution >= 4 is 43.5 Å². The van der Waals surface area contributed by atoms with Crippen molar-refractivity contribution in [3.63, 3.8) is 0 Å². The molecule has 1 heterocycles. The molecule has 0 saturated carbocycles. The van der Waals surface area contributed by atoms with Gasteiger partial charge in [0.05, 0.1) is 22.3 Å². The predicted octanol–water partition coefficient (Wildman–Crippen LogP) is 4.14. The standard InChI is InChI=1S/C19H16BrClFN3O4S/c1-10(19(26)29-2)25-30(27,28)17-8-12(4-6-14(17)21)18-23-9-16(24-18)11-3-5-13(20)15(22)7-11/h3-10,25H,1-2H3,(H,23,24). The fourth-order valence-electron chi connectivity index (χ4n) is 2.65. The number of nitrogens with one attached hydrogen (secondary N) is 2. The lowest BCUT2D eigenvalue weighted by Gasteiger charge is -2.13. The zero-order chi connectivity index (χ0) is 22.1. The van der Waals surface area contributed by atoms with Crippen LogP contribution in [-0.4, -0.2) is 37.5 Å². The molecule has 2 N–H and O–H groups in total. The molecule has 0 amide bonds.